The Kier molecular flexibility index (Phi) is 4.60. The minimum atomic E-state index is 0.407. The van der Waals surface area contributed by atoms with Crippen molar-refractivity contribution in [3.05, 3.63) is 0 Å². The molecule has 4 unspecified atom stereocenters. The third-order valence-corrected chi connectivity index (χ3v) is 4.11. The summed E-state index contributed by atoms with van der Waals surface area (Å²) in [4.78, 5) is 2.43. The van der Waals surface area contributed by atoms with E-state index in [1.165, 1.54) is 12.8 Å². The Labute approximate surface area is 95.2 Å². The zero-order valence-electron chi connectivity index (χ0n) is 11.0. The van der Waals surface area contributed by atoms with Gasteiger partial charge < -0.3 is 10.6 Å². The molecular formula is C13H28N2. The fourth-order valence-electron chi connectivity index (χ4n) is 2.83. The summed E-state index contributed by atoms with van der Waals surface area (Å²) in [6.45, 7) is 10.4. The second kappa shape index (κ2) is 5.31. The predicted octanol–water partition coefficient (Wildman–Crippen LogP) is 2.34. The lowest BCUT2D eigenvalue weighted by molar-refractivity contribution is 0.117. The highest BCUT2D eigenvalue weighted by Gasteiger charge is 2.32. The highest BCUT2D eigenvalue weighted by atomic mass is 15.1. The summed E-state index contributed by atoms with van der Waals surface area (Å²) in [5.41, 5.74) is 6.28. The Morgan fingerprint density at radius 3 is 2.33 bits per heavy atom. The normalized spacial score (nSPS) is 37.6. The first-order valence-electron chi connectivity index (χ1n) is 6.37. The van der Waals surface area contributed by atoms with Crippen molar-refractivity contribution in [3.8, 4) is 0 Å². The summed E-state index contributed by atoms with van der Waals surface area (Å²) in [5.74, 6) is 2.29. The smallest absolute Gasteiger partial charge is 0.00844 e. The maximum atomic E-state index is 6.28. The molecule has 0 aromatic heterocycles. The lowest BCUT2D eigenvalue weighted by Crippen LogP contribution is -2.47. The number of rotatable bonds is 3. The molecule has 1 fully saturated rings. The molecule has 2 nitrogen and oxygen atoms in total. The van der Waals surface area contributed by atoms with Crippen LogP contribution in [0.1, 0.15) is 40.5 Å². The van der Waals surface area contributed by atoms with Crippen LogP contribution in [0.4, 0.5) is 0 Å². The molecule has 0 aromatic rings. The van der Waals surface area contributed by atoms with Gasteiger partial charge in [-0.15, -0.1) is 0 Å². The molecule has 1 saturated carbocycles. The van der Waals surface area contributed by atoms with Crippen molar-refractivity contribution in [1.29, 1.82) is 0 Å². The van der Waals surface area contributed by atoms with Gasteiger partial charge in [-0.25, -0.2) is 0 Å². The average Bonchev–Trinajstić information content (AvgIpc) is 2.10. The molecule has 2 heteroatoms. The molecule has 0 amide bonds. The van der Waals surface area contributed by atoms with E-state index in [1.807, 2.05) is 0 Å². The molecule has 0 aliphatic heterocycles. The fourth-order valence-corrected chi connectivity index (χ4v) is 2.83. The third-order valence-electron chi connectivity index (χ3n) is 4.11. The molecule has 90 valence electrons. The van der Waals surface area contributed by atoms with Gasteiger partial charge in [0, 0.05) is 18.6 Å². The van der Waals surface area contributed by atoms with Gasteiger partial charge in [-0.1, -0.05) is 13.8 Å². The summed E-state index contributed by atoms with van der Waals surface area (Å²) < 4.78 is 0. The molecule has 1 aliphatic rings. The summed E-state index contributed by atoms with van der Waals surface area (Å²) in [7, 11) is 2.21. The highest BCUT2D eigenvalue weighted by molar-refractivity contribution is 4.87. The van der Waals surface area contributed by atoms with Crippen LogP contribution in [0.5, 0.6) is 0 Å². The average molecular weight is 212 g/mol. The number of nitrogens with zero attached hydrogens (tertiary/aromatic N) is 1. The van der Waals surface area contributed by atoms with E-state index in [0.29, 0.717) is 18.0 Å². The van der Waals surface area contributed by atoms with Crippen LogP contribution in [-0.2, 0) is 0 Å². The van der Waals surface area contributed by atoms with Crippen molar-refractivity contribution in [3.63, 3.8) is 0 Å². The number of nitrogens with two attached hydrogens (primary N) is 1. The van der Waals surface area contributed by atoms with Gasteiger partial charge in [0.15, 0.2) is 0 Å². The van der Waals surface area contributed by atoms with Gasteiger partial charge in [-0.2, -0.15) is 0 Å². The summed E-state index contributed by atoms with van der Waals surface area (Å²) in [6, 6.07) is 1.04. The van der Waals surface area contributed by atoms with E-state index in [9.17, 15) is 0 Å². The lowest BCUT2D eigenvalue weighted by atomic mass is 9.72. The van der Waals surface area contributed by atoms with Crippen molar-refractivity contribution in [1.82, 2.24) is 4.90 Å². The second-order valence-electron chi connectivity index (χ2n) is 5.91. The zero-order chi connectivity index (χ0) is 11.6. The minimum Gasteiger partial charge on any atom is -0.327 e. The van der Waals surface area contributed by atoms with E-state index in [2.05, 4.69) is 39.6 Å². The molecule has 2 N–H and O–H groups in total. The van der Waals surface area contributed by atoms with Gasteiger partial charge in [0.1, 0.15) is 0 Å². The molecule has 0 spiro atoms. The maximum Gasteiger partial charge on any atom is 0.00844 e. The Morgan fingerprint density at radius 1 is 1.27 bits per heavy atom. The molecule has 0 heterocycles. The van der Waals surface area contributed by atoms with E-state index >= 15 is 0 Å². The van der Waals surface area contributed by atoms with Gasteiger partial charge in [0.25, 0.3) is 0 Å². The molecule has 0 radical (unpaired) electrons. The Hall–Kier alpha value is -0.0800. The van der Waals surface area contributed by atoms with Crippen LogP contribution in [0, 0.1) is 17.8 Å². The summed E-state index contributed by atoms with van der Waals surface area (Å²) in [6.07, 6.45) is 2.56. The standard InChI is InChI=1S/C13H28N2/c1-9(2)15(5)8-12-11(4)6-10(3)7-13(12)14/h9-13H,6-8,14H2,1-5H3. The van der Waals surface area contributed by atoms with E-state index in [-0.39, 0.29) is 0 Å². The van der Waals surface area contributed by atoms with Crippen LogP contribution >= 0.6 is 0 Å². The monoisotopic (exact) mass is 212 g/mol. The molecule has 0 bridgehead atoms. The first-order valence-corrected chi connectivity index (χ1v) is 6.37. The van der Waals surface area contributed by atoms with E-state index < -0.39 is 0 Å². The van der Waals surface area contributed by atoms with Gasteiger partial charge in [0.2, 0.25) is 0 Å². The quantitative estimate of drug-likeness (QED) is 0.778. The topological polar surface area (TPSA) is 29.3 Å². The van der Waals surface area contributed by atoms with Crippen molar-refractivity contribution in [2.24, 2.45) is 23.5 Å². The first-order chi connectivity index (χ1) is 6.91. The predicted molar refractivity (Wildman–Crippen MR) is 66.8 cm³/mol. The van der Waals surface area contributed by atoms with Gasteiger partial charge in [-0.3, -0.25) is 0 Å². The lowest BCUT2D eigenvalue weighted by Gasteiger charge is -2.40. The number of hydrogen-bond donors (Lipinski definition) is 1. The Balaban J connectivity index is 2.52. The van der Waals surface area contributed by atoms with Crippen LogP contribution in [-0.4, -0.2) is 30.6 Å². The van der Waals surface area contributed by atoms with E-state index in [4.69, 9.17) is 5.73 Å². The van der Waals surface area contributed by atoms with Crippen molar-refractivity contribution < 1.29 is 0 Å². The SMILES string of the molecule is CC1CC(C)C(CN(C)C(C)C)C(N)C1. The van der Waals surface area contributed by atoms with Crippen LogP contribution in [0.2, 0.25) is 0 Å². The molecule has 0 aromatic carbocycles. The summed E-state index contributed by atoms with van der Waals surface area (Å²) >= 11 is 0. The second-order valence-corrected chi connectivity index (χ2v) is 5.91. The first kappa shape index (κ1) is 13.0. The molecule has 1 rings (SSSR count). The van der Waals surface area contributed by atoms with Gasteiger partial charge in [-0.05, 0) is 51.5 Å². The zero-order valence-corrected chi connectivity index (χ0v) is 11.0. The molecule has 0 saturated heterocycles. The Bertz CT molecular complexity index is 179. The van der Waals surface area contributed by atoms with E-state index in [0.717, 1.165) is 18.4 Å². The molecule has 4 atom stereocenters. The van der Waals surface area contributed by atoms with Crippen LogP contribution in [0.15, 0.2) is 0 Å². The van der Waals surface area contributed by atoms with Gasteiger partial charge in [0.05, 0.1) is 0 Å². The third kappa shape index (κ3) is 3.46. The largest absolute Gasteiger partial charge is 0.327 e. The van der Waals surface area contributed by atoms with Crippen LogP contribution < -0.4 is 5.73 Å². The van der Waals surface area contributed by atoms with Gasteiger partial charge >= 0.3 is 0 Å². The Morgan fingerprint density at radius 2 is 1.87 bits per heavy atom. The molecule has 15 heavy (non-hydrogen) atoms. The summed E-state index contributed by atoms with van der Waals surface area (Å²) in [5, 5.41) is 0. The molecule has 1 aliphatic carbocycles. The van der Waals surface area contributed by atoms with Crippen LogP contribution in [0.3, 0.4) is 0 Å². The number of hydrogen-bond acceptors (Lipinski definition) is 2. The molecular weight excluding hydrogens is 184 g/mol. The van der Waals surface area contributed by atoms with Crippen molar-refractivity contribution in [2.45, 2.75) is 52.6 Å². The van der Waals surface area contributed by atoms with Crippen LogP contribution in [0.25, 0.3) is 0 Å². The van der Waals surface area contributed by atoms with E-state index in [1.54, 1.807) is 0 Å². The maximum absolute atomic E-state index is 6.28. The van der Waals surface area contributed by atoms with Crippen molar-refractivity contribution in [2.75, 3.05) is 13.6 Å². The fraction of sp³-hybridized carbons (Fsp3) is 1.00. The minimum absolute atomic E-state index is 0.407. The highest BCUT2D eigenvalue weighted by Crippen LogP contribution is 2.33. The van der Waals surface area contributed by atoms with Crippen molar-refractivity contribution >= 4 is 0 Å².